The zero-order valence-corrected chi connectivity index (χ0v) is 15.5. The Hall–Kier alpha value is -2.53. The summed E-state index contributed by atoms with van der Waals surface area (Å²) in [6.07, 6.45) is 2.91. The number of rotatable bonds is 5. The van der Waals surface area contributed by atoms with Gasteiger partial charge in [0.2, 0.25) is 5.95 Å². The minimum absolute atomic E-state index is 0.581. The molecule has 2 aromatic carbocycles. The minimum Gasteiger partial charge on any atom is -0.338 e. The standard InChI is InChI=1S/C21H25N5/c1-3-25(4-2)19-11-12-26(15-19)21-23-20(14-22-24-21)18-10-9-16-7-5-6-8-17(16)13-18/h5-10,13-14,19H,3-4,11-12,15H2,1-2H3/t19-/m1/s1. The van der Waals surface area contributed by atoms with Crippen LogP contribution < -0.4 is 4.90 Å². The summed E-state index contributed by atoms with van der Waals surface area (Å²) in [5.74, 6) is 0.741. The van der Waals surface area contributed by atoms with Gasteiger partial charge in [0.25, 0.3) is 0 Å². The summed E-state index contributed by atoms with van der Waals surface area (Å²) in [6, 6.07) is 15.4. The van der Waals surface area contributed by atoms with Crippen LogP contribution in [-0.4, -0.2) is 52.3 Å². The zero-order chi connectivity index (χ0) is 17.9. The van der Waals surface area contributed by atoms with Crippen LogP contribution in [0.3, 0.4) is 0 Å². The van der Waals surface area contributed by atoms with E-state index in [4.69, 9.17) is 4.98 Å². The van der Waals surface area contributed by atoms with Crippen LogP contribution in [0.25, 0.3) is 22.0 Å². The second-order valence-corrected chi connectivity index (χ2v) is 6.81. The predicted octanol–water partition coefficient (Wildman–Crippen LogP) is 3.61. The molecule has 134 valence electrons. The molecule has 0 unspecified atom stereocenters. The van der Waals surface area contributed by atoms with Gasteiger partial charge in [-0.2, -0.15) is 5.10 Å². The highest BCUT2D eigenvalue weighted by Gasteiger charge is 2.28. The van der Waals surface area contributed by atoms with Crippen molar-refractivity contribution in [1.82, 2.24) is 20.1 Å². The normalized spacial score (nSPS) is 17.3. The van der Waals surface area contributed by atoms with Crippen molar-refractivity contribution in [3.8, 4) is 11.3 Å². The molecule has 0 N–H and O–H groups in total. The summed E-state index contributed by atoms with van der Waals surface area (Å²) >= 11 is 0. The molecule has 0 bridgehead atoms. The molecular weight excluding hydrogens is 322 g/mol. The van der Waals surface area contributed by atoms with Gasteiger partial charge in [-0.15, -0.1) is 5.10 Å². The van der Waals surface area contributed by atoms with Crippen LogP contribution in [0.4, 0.5) is 5.95 Å². The Morgan fingerprint density at radius 2 is 1.88 bits per heavy atom. The molecule has 1 aromatic heterocycles. The monoisotopic (exact) mass is 347 g/mol. The van der Waals surface area contributed by atoms with Gasteiger partial charge >= 0.3 is 0 Å². The number of likely N-dealkylation sites (N-methyl/N-ethyl adjacent to an activating group) is 1. The molecule has 1 atom stereocenters. The lowest BCUT2D eigenvalue weighted by Gasteiger charge is -2.26. The largest absolute Gasteiger partial charge is 0.338 e. The molecular formula is C21H25N5. The summed E-state index contributed by atoms with van der Waals surface area (Å²) < 4.78 is 0. The van der Waals surface area contributed by atoms with E-state index in [-0.39, 0.29) is 0 Å². The van der Waals surface area contributed by atoms with Crippen molar-refractivity contribution in [3.05, 3.63) is 48.7 Å². The van der Waals surface area contributed by atoms with E-state index in [2.05, 4.69) is 76.3 Å². The summed E-state index contributed by atoms with van der Waals surface area (Å²) in [6.45, 7) is 8.60. The predicted molar refractivity (Wildman–Crippen MR) is 106 cm³/mol. The van der Waals surface area contributed by atoms with Gasteiger partial charge in [-0.3, -0.25) is 4.90 Å². The molecule has 5 heteroatoms. The van der Waals surface area contributed by atoms with E-state index in [1.165, 1.54) is 10.8 Å². The van der Waals surface area contributed by atoms with E-state index in [9.17, 15) is 0 Å². The molecule has 5 nitrogen and oxygen atoms in total. The fourth-order valence-electron chi connectivity index (χ4n) is 3.88. The molecule has 0 aliphatic carbocycles. The van der Waals surface area contributed by atoms with Gasteiger partial charge in [-0.25, -0.2) is 4.98 Å². The number of hydrogen-bond acceptors (Lipinski definition) is 5. The van der Waals surface area contributed by atoms with E-state index in [0.29, 0.717) is 6.04 Å². The van der Waals surface area contributed by atoms with Crippen molar-refractivity contribution in [2.45, 2.75) is 26.3 Å². The lowest BCUT2D eigenvalue weighted by molar-refractivity contribution is 0.232. The maximum Gasteiger partial charge on any atom is 0.245 e. The highest BCUT2D eigenvalue weighted by molar-refractivity contribution is 5.86. The molecule has 1 fully saturated rings. The van der Waals surface area contributed by atoms with Crippen molar-refractivity contribution in [3.63, 3.8) is 0 Å². The number of hydrogen-bond donors (Lipinski definition) is 0. The first-order valence-corrected chi connectivity index (χ1v) is 9.46. The Morgan fingerprint density at radius 3 is 2.69 bits per heavy atom. The lowest BCUT2D eigenvalue weighted by Crippen LogP contribution is -2.37. The smallest absolute Gasteiger partial charge is 0.245 e. The van der Waals surface area contributed by atoms with E-state index in [0.717, 1.165) is 49.8 Å². The third-order valence-electron chi connectivity index (χ3n) is 5.37. The van der Waals surface area contributed by atoms with Crippen molar-refractivity contribution in [1.29, 1.82) is 0 Å². The SMILES string of the molecule is CCN(CC)[C@@H]1CCN(c2nncc(-c3ccc4ccccc4c3)n2)C1. The summed E-state index contributed by atoms with van der Waals surface area (Å²) in [7, 11) is 0. The third kappa shape index (κ3) is 3.27. The molecule has 2 heterocycles. The average molecular weight is 347 g/mol. The molecule has 26 heavy (non-hydrogen) atoms. The van der Waals surface area contributed by atoms with Gasteiger partial charge in [0.15, 0.2) is 0 Å². The van der Waals surface area contributed by atoms with E-state index >= 15 is 0 Å². The molecule has 0 spiro atoms. The van der Waals surface area contributed by atoms with Gasteiger partial charge in [-0.05, 0) is 36.3 Å². The molecule has 1 aliphatic rings. The second-order valence-electron chi connectivity index (χ2n) is 6.81. The van der Waals surface area contributed by atoms with Crippen molar-refractivity contribution < 1.29 is 0 Å². The molecule has 3 aromatic rings. The second kappa shape index (κ2) is 7.38. The first kappa shape index (κ1) is 16.9. The van der Waals surface area contributed by atoms with Crippen molar-refractivity contribution >= 4 is 16.7 Å². The number of nitrogens with zero attached hydrogens (tertiary/aromatic N) is 5. The fourth-order valence-corrected chi connectivity index (χ4v) is 3.88. The van der Waals surface area contributed by atoms with Crippen LogP contribution >= 0.6 is 0 Å². The summed E-state index contributed by atoms with van der Waals surface area (Å²) in [5, 5.41) is 11.0. The first-order chi connectivity index (χ1) is 12.8. The quantitative estimate of drug-likeness (QED) is 0.705. The first-order valence-electron chi connectivity index (χ1n) is 9.46. The molecule has 1 aliphatic heterocycles. The topological polar surface area (TPSA) is 45.2 Å². The van der Waals surface area contributed by atoms with Crippen LogP contribution in [0.15, 0.2) is 48.7 Å². The molecule has 0 saturated carbocycles. The highest BCUT2D eigenvalue weighted by Crippen LogP contribution is 2.25. The van der Waals surface area contributed by atoms with E-state index in [1.807, 2.05) is 0 Å². The number of anilines is 1. The molecule has 0 radical (unpaired) electrons. The average Bonchev–Trinajstić information content (AvgIpc) is 3.19. The van der Waals surface area contributed by atoms with E-state index in [1.54, 1.807) is 6.20 Å². The van der Waals surface area contributed by atoms with Gasteiger partial charge in [0, 0.05) is 24.7 Å². The number of benzene rings is 2. The highest BCUT2D eigenvalue weighted by atomic mass is 15.3. The van der Waals surface area contributed by atoms with Crippen LogP contribution in [-0.2, 0) is 0 Å². The summed E-state index contributed by atoms with van der Waals surface area (Å²) in [4.78, 5) is 9.59. The van der Waals surface area contributed by atoms with Gasteiger partial charge in [0.1, 0.15) is 0 Å². The Labute approximate surface area is 154 Å². The third-order valence-corrected chi connectivity index (χ3v) is 5.37. The lowest BCUT2D eigenvalue weighted by atomic mass is 10.1. The minimum atomic E-state index is 0.581. The van der Waals surface area contributed by atoms with E-state index < -0.39 is 0 Å². The van der Waals surface area contributed by atoms with Crippen LogP contribution in [0, 0.1) is 0 Å². The Kier molecular flexibility index (Phi) is 4.80. The van der Waals surface area contributed by atoms with Crippen LogP contribution in [0.1, 0.15) is 20.3 Å². The van der Waals surface area contributed by atoms with Crippen molar-refractivity contribution in [2.75, 3.05) is 31.1 Å². The van der Waals surface area contributed by atoms with Gasteiger partial charge in [-0.1, -0.05) is 50.2 Å². The maximum atomic E-state index is 4.81. The Bertz CT molecular complexity index is 890. The van der Waals surface area contributed by atoms with Crippen molar-refractivity contribution in [2.24, 2.45) is 0 Å². The Morgan fingerprint density at radius 1 is 1.08 bits per heavy atom. The molecule has 4 rings (SSSR count). The fraction of sp³-hybridized carbons (Fsp3) is 0.381. The zero-order valence-electron chi connectivity index (χ0n) is 15.5. The Balaban J connectivity index is 1.58. The van der Waals surface area contributed by atoms with Crippen LogP contribution in [0.5, 0.6) is 0 Å². The van der Waals surface area contributed by atoms with Gasteiger partial charge in [0.05, 0.1) is 11.9 Å². The number of fused-ring (bicyclic) bond motifs is 1. The molecule has 1 saturated heterocycles. The number of aromatic nitrogens is 3. The summed E-state index contributed by atoms with van der Waals surface area (Å²) in [5.41, 5.74) is 1.96. The van der Waals surface area contributed by atoms with Gasteiger partial charge < -0.3 is 4.90 Å². The molecule has 0 amide bonds. The van der Waals surface area contributed by atoms with Crippen LogP contribution in [0.2, 0.25) is 0 Å². The maximum absolute atomic E-state index is 4.81.